The predicted octanol–water partition coefficient (Wildman–Crippen LogP) is 3.57. The van der Waals surface area contributed by atoms with Crippen molar-refractivity contribution in [2.45, 2.75) is 31.2 Å². The standard InChI is InChI=1S/C16H17NO3/c1-9(17)16(5-6-16)12-10-3-7-20-15(10)14(18-2)11-4-8-19-13(11)12/h3-4,7-9H,5-6,17H2,1-2H3. The molecule has 20 heavy (non-hydrogen) atoms. The zero-order valence-electron chi connectivity index (χ0n) is 11.6. The number of rotatable bonds is 3. The van der Waals surface area contributed by atoms with Crippen LogP contribution in [0, 0.1) is 0 Å². The lowest BCUT2D eigenvalue weighted by Gasteiger charge is -2.21. The average molecular weight is 271 g/mol. The zero-order chi connectivity index (χ0) is 13.9. The lowest BCUT2D eigenvalue weighted by atomic mass is 9.86. The van der Waals surface area contributed by atoms with Crippen molar-refractivity contribution in [2.75, 3.05) is 7.11 Å². The average Bonchev–Trinajstić information content (AvgIpc) is 2.86. The van der Waals surface area contributed by atoms with Crippen LogP contribution in [0.25, 0.3) is 21.9 Å². The van der Waals surface area contributed by atoms with Crippen molar-refractivity contribution >= 4 is 21.9 Å². The van der Waals surface area contributed by atoms with Gasteiger partial charge in [-0.2, -0.15) is 0 Å². The van der Waals surface area contributed by atoms with Crippen LogP contribution in [-0.2, 0) is 5.41 Å². The third kappa shape index (κ3) is 1.29. The normalized spacial score (nSPS) is 18.6. The number of benzene rings is 1. The summed E-state index contributed by atoms with van der Waals surface area (Å²) in [6.07, 6.45) is 5.58. The molecule has 1 aliphatic rings. The number of nitrogens with two attached hydrogens (primary N) is 1. The highest BCUT2D eigenvalue weighted by molar-refractivity contribution is 6.05. The van der Waals surface area contributed by atoms with Crippen LogP contribution < -0.4 is 10.5 Å². The third-order valence-corrected chi connectivity index (χ3v) is 4.64. The Kier molecular flexibility index (Phi) is 2.25. The molecule has 0 amide bonds. The molecule has 2 aromatic heterocycles. The molecular weight excluding hydrogens is 254 g/mol. The highest BCUT2D eigenvalue weighted by Gasteiger charge is 2.50. The summed E-state index contributed by atoms with van der Waals surface area (Å²) in [4.78, 5) is 0. The minimum absolute atomic E-state index is 0.00446. The Morgan fingerprint density at radius 2 is 1.80 bits per heavy atom. The second-order valence-electron chi connectivity index (χ2n) is 5.68. The van der Waals surface area contributed by atoms with Gasteiger partial charge in [0.15, 0.2) is 11.3 Å². The number of fused-ring (bicyclic) bond motifs is 2. The number of methoxy groups -OCH3 is 1. The van der Waals surface area contributed by atoms with Crippen molar-refractivity contribution in [1.29, 1.82) is 0 Å². The molecule has 2 heterocycles. The van der Waals surface area contributed by atoms with Gasteiger partial charge in [0.1, 0.15) is 5.58 Å². The molecule has 0 aliphatic heterocycles. The highest BCUT2D eigenvalue weighted by atomic mass is 16.5. The Morgan fingerprint density at radius 3 is 2.40 bits per heavy atom. The maximum Gasteiger partial charge on any atom is 0.176 e. The molecule has 4 heteroatoms. The maximum absolute atomic E-state index is 6.25. The van der Waals surface area contributed by atoms with Crippen molar-refractivity contribution in [3.63, 3.8) is 0 Å². The van der Waals surface area contributed by atoms with Crippen molar-refractivity contribution in [3.05, 3.63) is 30.2 Å². The minimum atomic E-state index is 0.00446. The number of hydrogen-bond donors (Lipinski definition) is 1. The van der Waals surface area contributed by atoms with Crippen LogP contribution in [0.15, 0.2) is 33.5 Å². The van der Waals surface area contributed by atoms with E-state index >= 15 is 0 Å². The first-order valence-electron chi connectivity index (χ1n) is 6.89. The van der Waals surface area contributed by atoms with Gasteiger partial charge in [0.2, 0.25) is 0 Å². The fraction of sp³-hybridized carbons (Fsp3) is 0.375. The number of hydrogen-bond acceptors (Lipinski definition) is 4. The topological polar surface area (TPSA) is 61.5 Å². The van der Waals surface area contributed by atoms with E-state index < -0.39 is 0 Å². The van der Waals surface area contributed by atoms with Crippen LogP contribution in [0.2, 0.25) is 0 Å². The fourth-order valence-electron chi connectivity index (χ4n) is 3.37. The summed E-state index contributed by atoms with van der Waals surface area (Å²) in [6, 6.07) is 4.00. The van der Waals surface area contributed by atoms with E-state index in [0.717, 1.165) is 40.5 Å². The summed E-state index contributed by atoms with van der Waals surface area (Å²) in [5.41, 5.74) is 9.09. The Hall–Kier alpha value is -1.94. The first kappa shape index (κ1) is 11.9. The van der Waals surface area contributed by atoms with Gasteiger partial charge in [0.25, 0.3) is 0 Å². The Bertz CT molecular complexity index is 741. The molecule has 4 rings (SSSR count). The molecule has 3 aromatic rings. The lowest BCUT2D eigenvalue weighted by molar-refractivity contribution is 0.414. The van der Waals surface area contributed by atoms with Crippen LogP contribution in [0.5, 0.6) is 5.75 Å². The second-order valence-corrected chi connectivity index (χ2v) is 5.68. The van der Waals surface area contributed by atoms with E-state index in [1.165, 1.54) is 5.56 Å². The van der Waals surface area contributed by atoms with Gasteiger partial charge in [-0.25, -0.2) is 0 Å². The molecule has 0 bridgehead atoms. The summed E-state index contributed by atoms with van der Waals surface area (Å²) in [5, 5.41) is 2.01. The van der Waals surface area contributed by atoms with E-state index in [1.54, 1.807) is 19.6 Å². The van der Waals surface area contributed by atoms with Gasteiger partial charge in [-0.3, -0.25) is 0 Å². The van der Waals surface area contributed by atoms with Crippen LogP contribution in [0.1, 0.15) is 25.3 Å². The number of ether oxygens (including phenoxy) is 1. The quantitative estimate of drug-likeness (QED) is 0.791. The van der Waals surface area contributed by atoms with E-state index in [-0.39, 0.29) is 11.5 Å². The third-order valence-electron chi connectivity index (χ3n) is 4.64. The molecule has 1 unspecified atom stereocenters. The summed E-state index contributed by atoms with van der Waals surface area (Å²) in [6.45, 7) is 2.07. The van der Waals surface area contributed by atoms with Crippen molar-refractivity contribution in [1.82, 2.24) is 0 Å². The first-order chi connectivity index (χ1) is 9.69. The molecule has 1 saturated carbocycles. The summed E-state index contributed by atoms with van der Waals surface area (Å²) < 4.78 is 16.9. The fourth-order valence-corrected chi connectivity index (χ4v) is 3.37. The van der Waals surface area contributed by atoms with Gasteiger partial charge in [-0.05, 0) is 31.9 Å². The lowest BCUT2D eigenvalue weighted by Crippen LogP contribution is -2.31. The van der Waals surface area contributed by atoms with Crippen molar-refractivity contribution in [2.24, 2.45) is 5.73 Å². The summed E-state index contributed by atoms with van der Waals surface area (Å²) in [5.74, 6) is 0.734. The van der Waals surface area contributed by atoms with Crippen LogP contribution >= 0.6 is 0 Å². The number of furan rings is 2. The van der Waals surface area contributed by atoms with E-state index in [0.29, 0.717) is 0 Å². The van der Waals surface area contributed by atoms with E-state index in [4.69, 9.17) is 19.3 Å². The van der Waals surface area contributed by atoms with Crippen molar-refractivity contribution in [3.8, 4) is 5.75 Å². The molecule has 1 atom stereocenters. The summed E-state index contributed by atoms with van der Waals surface area (Å²) >= 11 is 0. The maximum atomic E-state index is 6.25. The van der Waals surface area contributed by atoms with Crippen LogP contribution in [0.3, 0.4) is 0 Å². The van der Waals surface area contributed by atoms with Gasteiger partial charge in [0, 0.05) is 22.4 Å². The van der Waals surface area contributed by atoms with Crippen LogP contribution in [-0.4, -0.2) is 13.2 Å². The second kappa shape index (κ2) is 3.79. The van der Waals surface area contributed by atoms with Gasteiger partial charge in [-0.1, -0.05) is 0 Å². The highest BCUT2D eigenvalue weighted by Crippen LogP contribution is 2.56. The molecule has 4 nitrogen and oxygen atoms in total. The monoisotopic (exact) mass is 271 g/mol. The predicted molar refractivity (Wildman–Crippen MR) is 77.1 cm³/mol. The van der Waals surface area contributed by atoms with Gasteiger partial charge >= 0.3 is 0 Å². The Labute approximate surface area is 116 Å². The van der Waals surface area contributed by atoms with Crippen LogP contribution in [0.4, 0.5) is 0 Å². The molecule has 104 valence electrons. The molecular formula is C16H17NO3. The molecule has 2 N–H and O–H groups in total. The van der Waals surface area contributed by atoms with Gasteiger partial charge in [0.05, 0.1) is 25.0 Å². The Morgan fingerprint density at radius 1 is 1.15 bits per heavy atom. The molecule has 1 aliphatic carbocycles. The van der Waals surface area contributed by atoms with Gasteiger partial charge in [-0.15, -0.1) is 0 Å². The minimum Gasteiger partial charge on any atom is -0.492 e. The molecule has 0 radical (unpaired) electrons. The molecule has 1 aromatic carbocycles. The SMILES string of the molecule is COc1c2ccoc2c(C2(C(C)N)CC2)c2ccoc12. The van der Waals surface area contributed by atoms with Gasteiger partial charge < -0.3 is 19.3 Å². The van der Waals surface area contributed by atoms with E-state index in [9.17, 15) is 0 Å². The largest absolute Gasteiger partial charge is 0.492 e. The zero-order valence-corrected chi connectivity index (χ0v) is 11.6. The molecule has 0 spiro atoms. The molecule has 0 saturated heterocycles. The summed E-state index contributed by atoms with van der Waals surface area (Å²) in [7, 11) is 1.65. The Balaban J connectivity index is 2.18. The van der Waals surface area contributed by atoms with E-state index in [1.807, 2.05) is 12.1 Å². The van der Waals surface area contributed by atoms with Crippen molar-refractivity contribution < 1.29 is 13.6 Å². The van der Waals surface area contributed by atoms with E-state index in [2.05, 4.69) is 6.92 Å². The molecule has 1 fully saturated rings. The smallest absolute Gasteiger partial charge is 0.176 e. The first-order valence-corrected chi connectivity index (χ1v) is 6.89.